The minimum atomic E-state index is -3.45. The molecule has 1 heterocycles. The van der Waals surface area contributed by atoms with Crippen LogP contribution >= 0.6 is 27.3 Å². The minimum Gasteiger partial charge on any atom is -0.207 e. The van der Waals surface area contributed by atoms with Crippen LogP contribution in [0.15, 0.2) is 45.1 Å². The average Bonchev–Trinajstić information content (AvgIpc) is 2.91. The number of rotatable bonds is 5. The Morgan fingerprint density at radius 2 is 2.05 bits per heavy atom. The first-order chi connectivity index (χ1) is 9.45. The number of thiophene rings is 1. The van der Waals surface area contributed by atoms with Gasteiger partial charge in [-0.25, -0.2) is 8.42 Å². The van der Waals surface area contributed by atoms with Crippen LogP contribution in [0.5, 0.6) is 0 Å². The Hall–Kier alpha value is -0.690. The molecule has 1 aromatic heterocycles. The molecule has 0 N–H and O–H groups in total. The van der Waals surface area contributed by atoms with E-state index in [1.807, 2.05) is 31.4 Å². The molecule has 6 heteroatoms. The largest absolute Gasteiger partial charge is 0.243 e. The van der Waals surface area contributed by atoms with Gasteiger partial charge in [-0.2, -0.15) is 4.31 Å². The molecule has 0 unspecified atom stereocenters. The van der Waals surface area contributed by atoms with Crippen LogP contribution in [0.3, 0.4) is 0 Å². The highest BCUT2D eigenvalue weighted by atomic mass is 79.9. The van der Waals surface area contributed by atoms with Crippen LogP contribution in [-0.2, 0) is 16.6 Å². The molecule has 0 bridgehead atoms. The fourth-order valence-corrected chi connectivity index (χ4v) is 4.43. The van der Waals surface area contributed by atoms with Crippen LogP contribution < -0.4 is 0 Å². The van der Waals surface area contributed by atoms with E-state index in [1.165, 1.54) is 4.31 Å². The zero-order valence-electron chi connectivity index (χ0n) is 11.3. The number of aryl methyl sites for hydroxylation is 1. The standard InChI is InChI=1S/C14H16BrNO2S2/c1-3-16(10-12-5-4-8-19-12)20(17,18)13-6-7-14(15)11(2)9-13/h4-9H,3,10H2,1-2H3. The average molecular weight is 374 g/mol. The molecule has 2 aromatic rings. The maximum absolute atomic E-state index is 12.7. The van der Waals surface area contributed by atoms with Crippen molar-refractivity contribution in [2.75, 3.05) is 6.54 Å². The first-order valence-electron chi connectivity index (χ1n) is 6.24. The molecule has 0 aliphatic heterocycles. The van der Waals surface area contributed by atoms with E-state index in [4.69, 9.17) is 0 Å². The van der Waals surface area contributed by atoms with Gasteiger partial charge in [0.1, 0.15) is 0 Å². The smallest absolute Gasteiger partial charge is 0.207 e. The fraction of sp³-hybridized carbons (Fsp3) is 0.286. The summed E-state index contributed by atoms with van der Waals surface area (Å²) >= 11 is 4.96. The monoisotopic (exact) mass is 373 g/mol. The van der Waals surface area contributed by atoms with Crippen LogP contribution in [0.2, 0.25) is 0 Å². The third-order valence-corrected chi connectivity index (χ3v) is 6.70. The van der Waals surface area contributed by atoms with E-state index in [0.29, 0.717) is 18.0 Å². The van der Waals surface area contributed by atoms with Gasteiger partial charge in [0.05, 0.1) is 4.90 Å². The van der Waals surface area contributed by atoms with Gasteiger partial charge in [-0.1, -0.05) is 28.9 Å². The van der Waals surface area contributed by atoms with Gasteiger partial charge >= 0.3 is 0 Å². The van der Waals surface area contributed by atoms with Crippen molar-refractivity contribution in [3.05, 3.63) is 50.6 Å². The number of nitrogens with zero attached hydrogens (tertiary/aromatic N) is 1. The van der Waals surface area contributed by atoms with Gasteiger partial charge < -0.3 is 0 Å². The Morgan fingerprint density at radius 3 is 2.60 bits per heavy atom. The molecule has 0 aliphatic carbocycles. The molecule has 0 spiro atoms. The van der Waals surface area contributed by atoms with Gasteiger partial charge in [-0.05, 0) is 42.1 Å². The molecule has 0 amide bonds. The Labute approximate surface area is 132 Å². The fourth-order valence-electron chi connectivity index (χ4n) is 1.87. The quantitative estimate of drug-likeness (QED) is 0.793. The second kappa shape index (κ2) is 6.39. The summed E-state index contributed by atoms with van der Waals surface area (Å²) < 4.78 is 27.8. The Bertz CT molecular complexity index is 681. The lowest BCUT2D eigenvalue weighted by Crippen LogP contribution is -2.30. The van der Waals surface area contributed by atoms with Gasteiger partial charge in [0.2, 0.25) is 10.0 Å². The van der Waals surface area contributed by atoms with Crippen molar-refractivity contribution in [3.63, 3.8) is 0 Å². The second-order valence-electron chi connectivity index (χ2n) is 4.42. The minimum absolute atomic E-state index is 0.344. The molecule has 0 saturated heterocycles. The molecule has 3 nitrogen and oxygen atoms in total. The molecular formula is C14H16BrNO2S2. The highest BCUT2D eigenvalue weighted by Crippen LogP contribution is 2.24. The number of sulfonamides is 1. The first kappa shape index (κ1) is 15.7. The molecule has 0 atom stereocenters. The van der Waals surface area contributed by atoms with Crippen LogP contribution in [0.1, 0.15) is 17.4 Å². The molecule has 0 aliphatic rings. The lowest BCUT2D eigenvalue weighted by molar-refractivity contribution is 0.426. The predicted octanol–water partition coefficient (Wildman–Crippen LogP) is 4.03. The van der Waals surface area contributed by atoms with Crippen molar-refractivity contribution >= 4 is 37.3 Å². The molecular weight excluding hydrogens is 358 g/mol. The van der Waals surface area contributed by atoms with Crippen molar-refractivity contribution in [1.82, 2.24) is 4.31 Å². The van der Waals surface area contributed by atoms with E-state index < -0.39 is 10.0 Å². The Morgan fingerprint density at radius 1 is 1.30 bits per heavy atom. The van der Waals surface area contributed by atoms with Gasteiger partial charge in [0.15, 0.2) is 0 Å². The molecule has 0 saturated carbocycles. The maximum atomic E-state index is 12.7. The third-order valence-electron chi connectivity index (χ3n) is 3.03. The van der Waals surface area contributed by atoms with Crippen LogP contribution in [0.4, 0.5) is 0 Å². The summed E-state index contributed by atoms with van der Waals surface area (Å²) in [7, 11) is -3.45. The summed E-state index contributed by atoms with van der Waals surface area (Å²) in [4.78, 5) is 1.39. The topological polar surface area (TPSA) is 37.4 Å². The van der Waals surface area contributed by atoms with E-state index in [2.05, 4.69) is 15.9 Å². The highest BCUT2D eigenvalue weighted by molar-refractivity contribution is 9.10. The first-order valence-corrected chi connectivity index (χ1v) is 9.35. The van der Waals surface area contributed by atoms with Crippen LogP contribution in [0.25, 0.3) is 0 Å². The normalized spacial score (nSPS) is 12.0. The molecule has 108 valence electrons. The number of benzene rings is 1. The molecule has 0 radical (unpaired) electrons. The van der Waals surface area contributed by atoms with E-state index in [9.17, 15) is 8.42 Å². The van der Waals surface area contributed by atoms with Crippen molar-refractivity contribution in [2.24, 2.45) is 0 Å². The molecule has 0 fully saturated rings. The Balaban J connectivity index is 2.33. The van der Waals surface area contributed by atoms with Gasteiger partial charge in [-0.15, -0.1) is 11.3 Å². The summed E-state index contributed by atoms with van der Waals surface area (Å²) in [6.07, 6.45) is 0. The van der Waals surface area contributed by atoms with E-state index >= 15 is 0 Å². The van der Waals surface area contributed by atoms with E-state index in [-0.39, 0.29) is 0 Å². The zero-order chi connectivity index (χ0) is 14.8. The molecule has 1 aromatic carbocycles. The van der Waals surface area contributed by atoms with Gasteiger partial charge in [-0.3, -0.25) is 0 Å². The summed E-state index contributed by atoms with van der Waals surface area (Å²) in [5.74, 6) is 0. The number of hydrogen-bond acceptors (Lipinski definition) is 3. The van der Waals surface area contributed by atoms with Gasteiger partial charge in [0.25, 0.3) is 0 Å². The third kappa shape index (κ3) is 3.31. The number of halogens is 1. The highest BCUT2D eigenvalue weighted by Gasteiger charge is 2.23. The van der Waals surface area contributed by atoms with Crippen molar-refractivity contribution in [1.29, 1.82) is 0 Å². The SMILES string of the molecule is CCN(Cc1cccs1)S(=O)(=O)c1ccc(Br)c(C)c1. The van der Waals surface area contributed by atoms with E-state index in [0.717, 1.165) is 14.9 Å². The van der Waals surface area contributed by atoms with Crippen LogP contribution in [-0.4, -0.2) is 19.3 Å². The predicted molar refractivity (Wildman–Crippen MR) is 86.5 cm³/mol. The van der Waals surface area contributed by atoms with Crippen molar-refractivity contribution < 1.29 is 8.42 Å². The summed E-state index contributed by atoms with van der Waals surface area (Å²) in [5.41, 5.74) is 0.915. The summed E-state index contributed by atoms with van der Waals surface area (Å²) in [5, 5.41) is 1.96. The van der Waals surface area contributed by atoms with E-state index in [1.54, 1.807) is 29.5 Å². The lowest BCUT2D eigenvalue weighted by Gasteiger charge is -2.20. The number of hydrogen-bond donors (Lipinski definition) is 0. The van der Waals surface area contributed by atoms with Crippen LogP contribution in [0, 0.1) is 6.92 Å². The molecule has 2 rings (SSSR count). The molecule has 20 heavy (non-hydrogen) atoms. The second-order valence-corrected chi connectivity index (χ2v) is 8.25. The summed E-state index contributed by atoms with van der Waals surface area (Å²) in [6.45, 7) is 4.62. The van der Waals surface area contributed by atoms with Gasteiger partial charge in [0, 0.05) is 22.4 Å². The lowest BCUT2D eigenvalue weighted by atomic mass is 10.2. The Kier molecular flexibility index (Phi) is 5.01. The zero-order valence-corrected chi connectivity index (χ0v) is 14.6. The van der Waals surface area contributed by atoms with Crippen molar-refractivity contribution in [3.8, 4) is 0 Å². The maximum Gasteiger partial charge on any atom is 0.243 e. The summed E-state index contributed by atoms with van der Waals surface area (Å²) in [6, 6.07) is 9.01. The van der Waals surface area contributed by atoms with Crippen molar-refractivity contribution in [2.45, 2.75) is 25.3 Å².